The molecule has 3 rings (SSSR count). The first-order valence-electron chi connectivity index (χ1n) is 6.94. The number of non-ortho nitro benzene ring substituents is 1. The molecular weight excluding hydrogens is 312 g/mol. The summed E-state index contributed by atoms with van der Waals surface area (Å²) >= 11 is 1.50. The molecule has 0 fully saturated rings. The first-order valence-corrected chi connectivity index (χ1v) is 7.82. The third-order valence-electron chi connectivity index (χ3n) is 3.46. The van der Waals surface area contributed by atoms with Crippen LogP contribution in [-0.2, 0) is 0 Å². The van der Waals surface area contributed by atoms with Crippen LogP contribution in [0.25, 0.3) is 21.8 Å². The van der Waals surface area contributed by atoms with E-state index in [-0.39, 0.29) is 5.69 Å². The summed E-state index contributed by atoms with van der Waals surface area (Å²) in [6.07, 6.45) is 0. The number of hydrogen-bond acceptors (Lipinski definition) is 5. The van der Waals surface area contributed by atoms with E-state index in [9.17, 15) is 10.1 Å². The molecule has 0 radical (unpaired) electrons. The molecule has 0 spiro atoms. The van der Waals surface area contributed by atoms with E-state index < -0.39 is 4.92 Å². The fraction of sp³-hybridized carbons (Fsp3) is 0.118. The molecule has 0 aliphatic heterocycles. The molecule has 0 aliphatic rings. The van der Waals surface area contributed by atoms with Crippen LogP contribution in [0, 0.1) is 17.0 Å². The quantitative estimate of drug-likeness (QED) is 0.515. The summed E-state index contributed by atoms with van der Waals surface area (Å²) in [6.45, 7) is 2.02. The van der Waals surface area contributed by atoms with Gasteiger partial charge in [0.15, 0.2) is 0 Å². The van der Waals surface area contributed by atoms with Crippen LogP contribution in [0.2, 0.25) is 0 Å². The third kappa shape index (κ3) is 3.07. The summed E-state index contributed by atoms with van der Waals surface area (Å²) in [5, 5.41) is 13.5. The van der Waals surface area contributed by atoms with Gasteiger partial charge in [0.2, 0.25) is 0 Å². The van der Waals surface area contributed by atoms with Crippen LogP contribution in [-0.4, -0.2) is 17.0 Å². The van der Waals surface area contributed by atoms with Crippen LogP contribution in [0.15, 0.2) is 47.8 Å². The monoisotopic (exact) mass is 326 g/mol. The van der Waals surface area contributed by atoms with Gasteiger partial charge >= 0.3 is 0 Å². The molecule has 1 aromatic heterocycles. The number of ether oxygens (including phenoxy) is 1. The summed E-state index contributed by atoms with van der Waals surface area (Å²) in [5.74, 6) is 0.774. The minimum Gasteiger partial charge on any atom is -0.496 e. The SMILES string of the molecule is COc1ccc(C)cc1-c1csc(-c2ccc([N+](=O)[O-])cc2)n1. The molecule has 23 heavy (non-hydrogen) atoms. The lowest BCUT2D eigenvalue weighted by Gasteiger charge is -2.07. The zero-order chi connectivity index (χ0) is 16.4. The fourth-order valence-corrected chi connectivity index (χ4v) is 3.10. The number of rotatable bonds is 4. The molecule has 0 saturated carbocycles. The lowest BCUT2D eigenvalue weighted by molar-refractivity contribution is -0.384. The molecule has 0 unspecified atom stereocenters. The zero-order valence-electron chi connectivity index (χ0n) is 12.6. The summed E-state index contributed by atoms with van der Waals surface area (Å²) < 4.78 is 5.40. The van der Waals surface area contributed by atoms with E-state index in [1.165, 1.54) is 23.5 Å². The molecule has 2 aromatic carbocycles. The number of benzene rings is 2. The smallest absolute Gasteiger partial charge is 0.269 e. The molecule has 0 atom stereocenters. The summed E-state index contributed by atoms with van der Waals surface area (Å²) in [7, 11) is 1.64. The number of nitrogens with zero attached hydrogens (tertiary/aromatic N) is 2. The molecule has 0 bridgehead atoms. The standard InChI is InChI=1S/C17H14N2O3S/c1-11-3-8-16(22-2)14(9-11)15-10-23-17(18-15)12-4-6-13(7-5-12)19(20)21/h3-10H,1-2H3. The van der Waals surface area contributed by atoms with Crippen molar-refractivity contribution in [1.29, 1.82) is 0 Å². The van der Waals surface area contributed by atoms with Crippen molar-refractivity contribution in [2.24, 2.45) is 0 Å². The molecule has 116 valence electrons. The van der Waals surface area contributed by atoms with E-state index >= 15 is 0 Å². The van der Waals surface area contributed by atoms with Crippen LogP contribution in [0.3, 0.4) is 0 Å². The molecule has 3 aromatic rings. The Kier molecular flexibility index (Phi) is 4.08. The van der Waals surface area contributed by atoms with Gasteiger partial charge in [-0.05, 0) is 31.2 Å². The van der Waals surface area contributed by atoms with Crippen LogP contribution in [0.4, 0.5) is 5.69 Å². The molecule has 5 nitrogen and oxygen atoms in total. The van der Waals surface area contributed by atoms with Crippen molar-refractivity contribution in [3.8, 4) is 27.6 Å². The Hall–Kier alpha value is -2.73. The van der Waals surface area contributed by atoms with E-state index in [4.69, 9.17) is 4.74 Å². The second-order valence-corrected chi connectivity index (χ2v) is 5.90. The second kappa shape index (κ2) is 6.18. The largest absolute Gasteiger partial charge is 0.496 e. The van der Waals surface area contributed by atoms with E-state index in [0.717, 1.165) is 33.1 Å². The van der Waals surface area contributed by atoms with Crippen molar-refractivity contribution in [2.75, 3.05) is 7.11 Å². The molecule has 0 aliphatic carbocycles. The number of methoxy groups -OCH3 is 1. The maximum absolute atomic E-state index is 10.7. The van der Waals surface area contributed by atoms with Crippen molar-refractivity contribution in [3.05, 3.63) is 63.5 Å². The molecule has 6 heteroatoms. The first-order chi connectivity index (χ1) is 11.1. The molecular formula is C17H14N2O3S. The number of aryl methyl sites for hydroxylation is 1. The summed E-state index contributed by atoms with van der Waals surface area (Å²) in [5.41, 5.74) is 3.84. The highest BCUT2D eigenvalue weighted by molar-refractivity contribution is 7.13. The van der Waals surface area contributed by atoms with E-state index in [2.05, 4.69) is 4.98 Å². The van der Waals surface area contributed by atoms with Gasteiger partial charge < -0.3 is 4.74 Å². The Morgan fingerprint density at radius 3 is 2.57 bits per heavy atom. The number of nitro benzene ring substituents is 1. The van der Waals surface area contributed by atoms with Gasteiger partial charge in [0.05, 0.1) is 17.7 Å². The van der Waals surface area contributed by atoms with Crippen molar-refractivity contribution in [1.82, 2.24) is 4.98 Å². The maximum atomic E-state index is 10.7. The van der Waals surface area contributed by atoms with Crippen LogP contribution >= 0.6 is 11.3 Å². The number of nitro groups is 1. The minimum atomic E-state index is -0.408. The Balaban J connectivity index is 1.97. The highest BCUT2D eigenvalue weighted by Gasteiger charge is 2.12. The van der Waals surface area contributed by atoms with Gasteiger partial charge in [-0.25, -0.2) is 4.98 Å². The van der Waals surface area contributed by atoms with Gasteiger partial charge in [-0.1, -0.05) is 11.6 Å². The summed E-state index contributed by atoms with van der Waals surface area (Å²) in [6, 6.07) is 12.4. The van der Waals surface area contributed by atoms with Crippen LogP contribution in [0.5, 0.6) is 5.75 Å². The molecule has 0 saturated heterocycles. The van der Waals surface area contributed by atoms with Crippen LogP contribution < -0.4 is 4.74 Å². The third-order valence-corrected chi connectivity index (χ3v) is 4.35. The minimum absolute atomic E-state index is 0.0749. The molecule has 1 heterocycles. The van der Waals surface area contributed by atoms with Gasteiger partial charge in [-0.15, -0.1) is 11.3 Å². The van der Waals surface area contributed by atoms with Gasteiger partial charge in [0, 0.05) is 28.6 Å². The normalized spacial score (nSPS) is 10.5. The predicted octanol–water partition coefficient (Wildman–Crippen LogP) is 4.70. The maximum Gasteiger partial charge on any atom is 0.269 e. The predicted molar refractivity (Wildman–Crippen MR) is 90.9 cm³/mol. The number of hydrogen-bond donors (Lipinski definition) is 0. The average Bonchev–Trinajstić information content (AvgIpc) is 3.04. The van der Waals surface area contributed by atoms with E-state index in [0.29, 0.717) is 0 Å². The fourth-order valence-electron chi connectivity index (χ4n) is 2.28. The van der Waals surface area contributed by atoms with Gasteiger partial charge in [-0.2, -0.15) is 0 Å². The molecule has 0 N–H and O–H groups in total. The van der Waals surface area contributed by atoms with Gasteiger partial charge in [0.1, 0.15) is 10.8 Å². The highest BCUT2D eigenvalue weighted by atomic mass is 32.1. The lowest BCUT2D eigenvalue weighted by atomic mass is 10.1. The summed E-state index contributed by atoms with van der Waals surface area (Å²) in [4.78, 5) is 15.0. The Bertz CT molecular complexity index is 857. The van der Waals surface area contributed by atoms with Crippen molar-refractivity contribution >= 4 is 17.0 Å². The topological polar surface area (TPSA) is 65.3 Å². The average molecular weight is 326 g/mol. The van der Waals surface area contributed by atoms with E-state index in [1.807, 2.05) is 30.5 Å². The highest BCUT2D eigenvalue weighted by Crippen LogP contribution is 2.34. The number of aromatic nitrogens is 1. The Morgan fingerprint density at radius 2 is 1.91 bits per heavy atom. The zero-order valence-corrected chi connectivity index (χ0v) is 13.5. The first kappa shape index (κ1) is 15.2. The Morgan fingerprint density at radius 1 is 1.17 bits per heavy atom. The van der Waals surface area contributed by atoms with E-state index in [1.54, 1.807) is 19.2 Å². The molecule has 0 amide bonds. The van der Waals surface area contributed by atoms with Crippen LogP contribution in [0.1, 0.15) is 5.56 Å². The van der Waals surface area contributed by atoms with Gasteiger partial charge in [-0.3, -0.25) is 10.1 Å². The van der Waals surface area contributed by atoms with Crippen molar-refractivity contribution in [2.45, 2.75) is 6.92 Å². The Labute approximate surface area is 137 Å². The van der Waals surface area contributed by atoms with Gasteiger partial charge in [0.25, 0.3) is 5.69 Å². The second-order valence-electron chi connectivity index (χ2n) is 5.05. The number of thiazole rings is 1. The lowest BCUT2D eigenvalue weighted by Crippen LogP contribution is -1.89. The van der Waals surface area contributed by atoms with Crippen molar-refractivity contribution < 1.29 is 9.66 Å². The van der Waals surface area contributed by atoms with Crippen molar-refractivity contribution in [3.63, 3.8) is 0 Å².